The van der Waals surface area contributed by atoms with Gasteiger partial charge in [-0.15, -0.1) is 0 Å². The van der Waals surface area contributed by atoms with Crippen molar-refractivity contribution in [3.8, 4) is 0 Å². The number of likely N-dealkylation sites (tertiary alicyclic amines) is 1. The van der Waals surface area contributed by atoms with Gasteiger partial charge >= 0.3 is 0 Å². The largest absolute Gasteiger partial charge is 0.395 e. The monoisotopic (exact) mass is 242 g/mol. The van der Waals surface area contributed by atoms with Gasteiger partial charge in [0.05, 0.1) is 6.61 Å². The van der Waals surface area contributed by atoms with Crippen LogP contribution in [0.5, 0.6) is 0 Å². The molecule has 1 heterocycles. The molecular formula is C14H30N2O. The smallest absolute Gasteiger partial charge is 0.0597 e. The highest BCUT2D eigenvalue weighted by Gasteiger charge is 2.23. The molecule has 0 aromatic rings. The van der Waals surface area contributed by atoms with Gasteiger partial charge in [0.2, 0.25) is 0 Å². The lowest BCUT2D eigenvalue weighted by molar-refractivity contribution is 0.107. The standard InChI is InChI=1S/C14H30N2O/c1-3-7-14-8-5-6-10-16(14)11-13(12-17)15-9-4-2/h13-15,17H,3-12H2,1-2H3. The first-order valence-electron chi connectivity index (χ1n) is 7.40. The molecule has 0 aliphatic carbocycles. The molecule has 0 aromatic heterocycles. The molecule has 2 atom stereocenters. The van der Waals surface area contributed by atoms with E-state index in [0.29, 0.717) is 0 Å². The summed E-state index contributed by atoms with van der Waals surface area (Å²) in [7, 11) is 0. The zero-order valence-corrected chi connectivity index (χ0v) is 11.6. The number of rotatable bonds is 8. The van der Waals surface area contributed by atoms with Crippen molar-refractivity contribution in [2.75, 3.05) is 26.2 Å². The van der Waals surface area contributed by atoms with Crippen molar-refractivity contribution in [3.05, 3.63) is 0 Å². The second-order valence-electron chi connectivity index (χ2n) is 5.27. The fraction of sp³-hybridized carbons (Fsp3) is 1.00. The predicted octanol–water partition coefficient (Wildman–Crippen LogP) is 2.00. The minimum atomic E-state index is 0.257. The summed E-state index contributed by atoms with van der Waals surface area (Å²) in [4.78, 5) is 2.59. The third kappa shape index (κ3) is 5.36. The van der Waals surface area contributed by atoms with Crippen LogP contribution in [-0.2, 0) is 0 Å². The van der Waals surface area contributed by atoms with Gasteiger partial charge in [0, 0.05) is 18.6 Å². The van der Waals surface area contributed by atoms with Gasteiger partial charge in [-0.2, -0.15) is 0 Å². The second kappa shape index (κ2) is 8.90. The van der Waals surface area contributed by atoms with Gasteiger partial charge in [-0.1, -0.05) is 26.7 Å². The van der Waals surface area contributed by atoms with Gasteiger partial charge in [0.25, 0.3) is 0 Å². The van der Waals surface area contributed by atoms with E-state index in [1.807, 2.05) is 0 Å². The highest BCUT2D eigenvalue weighted by atomic mass is 16.3. The van der Waals surface area contributed by atoms with Crippen molar-refractivity contribution < 1.29 is 5.11 Å². The van der Waals surface area contributed by atoms with E-state index in [-0.39, 0.29) is 12.6 Å². The van der Waals surface area contributed by atoms with Crippen molar-refractivity contribution in [2.24, 2.45) is 0 Å². The van der Waals surface area contributed by atoms with E-state index in [4.69, 9.17) is 0 Å². The Labute approximate surface area is 107 Å². The molecule has 3 heteroatoms. The normalized spacial score (nSPS) is 23.8. The Morgan fingerprint density at radius 2 is 2.12 bits per heavy atom. The Hall–Kier alpha value is -0.120. The molecular weight excluding hydrogens is 212 g/mol. The van der Waals surface area contributed by atoms with Crippen LogP contribution in [0.1, 0.15) is 52.4 Å². The lowest BCUT2D eigenvalue weighted by Gasteiger charge is -2.37. The molecule has 2 N–H and O–H groups in total. The van der Waals surface area contributed by atoms with Crippen LogP contribution in [0, 0.1) is 0 Å². The lowest BCUT2D eigenvalue weighted by atomic mass is 9.97. The van der Waals surface area contributed by atoms with E-state index in [1.54, 1.807) is 0 Å². The van der Waals surface area contributed by atoms with Crippen molar-refractivity contribution in [2.45, 2.75) is 64.5 Å². The maximum absolute atomic E-state index is 9.41. The molecule has 0 radical (unpaired) electrons. The quantitative estimate of drug-likeness (QED) is 0.683. The van der Waals surface area contributed by atoms with Crippen LogP contribution in [0.2, 0.25) is 0 Å². The molecule has 2 unspecified atom stereocenters. The van der Waals surface area contributed by atoms with Crippen LogP contribution < -0.4 is 5.32 Å². The number of hydrogen-bond acceptors (Lipinski definition) is 3. The van der Waals surface area contributed by atoms with Gasteiger partial charge in [0.1, 0.15) is 0 Å². The molecule has 0 aromatic carbocycles. The molecule has 1 aliphatic rings. The summed E-state index contributed by atoms with van der Waals surface area (Å²) in [5.41, 5.74) is 0. The maximum atomic E-state index is 9.41. The maximum Gasteiger partial charge on any atom is 0.0597 e. The number of aliphatic hydroxyl groups is 1. The Kier molecular flexibility index (Phi) is 7.82. The van der Waals surface area contributed by atoms with Gasteiger partial charge in [-0.25, -0.2) is 0 Å². The van der Waals surface area contributed by atoms with Gasteiger partial charge in [-0.05, 0) is 38.8 Å². The zero-order valence-electron chi connectivity index (χ0n) is 11.6. The van der Waals surface area contributed by atoms with Crippen LogP contribution in [-0.4, -0.2) is 48.3 Å². The predicted molar refractivity (Wildman–Crippen MR) is 73.3 cm³/mol. The second-order valence-corrected chi connectivity index (χ2v) is 5.27. The molecule has 1 saturated heterocycles. The number of nitrogens with one attached hydrogen (secondary N) is 1. The zero-order chi connectivity index (χ0) is 12.5. The fourth-order valence-electron chi connectivity index (χ4n) is 2.78. The molecule has 1 aliphatic heterocycles. The molecule has 102 valence electrons. The fourth-order valence-corrected chi connectivity index (χ4v) is 2.78. The average molecular weight is 242 g/mol. The first-order chi connectivity index (χ1) is 8.31. The number of piperidine rings is 1. The van der Waals surface area contributed by atoms with E-state index >= 15 is 0 Å². The Morgan fingerprint density at radius 1 is 1.29 bits per heavy atom. The van der Waals surface area contributed by atoms with Crippen LogP contribution in [0.3, 0.4) is 0 Å². The van der Waals surface area contributed by atoms with Crippen LogP contribution in [0.25, 0.3) is 0 Å². The third-order valence-electron chi connectivity index (χ3n) is 3.73. The van der Waals surface area contributed by atoms with Gasteiger partial charge in [-0.3, -0.25) is 4.90 Å². The highest BCUT2D eigenvalue weighted by Crippen LogP contribution is 2.20. The Balaban J connectivity index is 2.38. The minimum absolute atomic E-state index is 0.257. The summed E-state index contributed by atoms with van der Waals surface area (Å²) in [6.07, 6.45) is 7.77. The van der Waals surface area contributed by atoms with E-state index < -0.39 is 0 Å². The summed E-state index contributed by atoms with van der Waals surface area (Å²) in [6, 6.07) is 1.01. The number of hydrogen-bond donors (Lipinski definition) is 2. The number of aliphatic hydroxyl groups excluding tert-OH is 1. The lowest BCUT2D eigenvalue weighted by Crippen LogP contribution is -2.49. The van der Waals surface area contributed by atoms with E-state index in [0.717, 1.165) is 25.6 Å². The Bertz CT molecular complexity index is 185. The van der Waals surface area contributed by atoms with Crippen LogP contribution in [0.15, 0.2) is 0 Å². The summed E-state index contributed by atoms with van der Waals surface area (Å²) in [5.74, 6) is 0. The minimum Gasteiger partial charge on any atom is -0.395 e. The van der Waals surface area contributed by atoms with Crippen LogP contribution >= 0.6 is 0 Å². The SMILES string of the molecule is CCCNC(CO)CN1CCCCC1CCC. The van der Waals surface area contributed by atoms with Crippen LogP contribution in [0.4, 0.5) is 0 Å². The molecule has 1 rings (SSSR count). The van der Waals surface area contributed by atoms with E-state index in [2.05, 4.69) is 24.1 Å². The van der Waals surface area contributed by atoms with Crippen molar-refractivity contribution in [3.63, 3.8) is 0 Å². The van der Waals surface area contributed by atoms with Gasteiger partial charge in [0.15, 0.2) is 0 Å². The summed E-state index contributed by atoms with van der Waals surface area (Å²) < 4.78 is 0. The Morgan fingerprint density at radius 3 is 2.76 bits per heavy atom. The van der Waals surface area contributed by atoms with Gasteiger partial charge < -0.3 is 10.4 Å². The van der Waals surface area contributed by atoms with E-state index in [1.165, 1.54) is 38.6 Å². The van der Waals surface area contributed by atoms with E-state index in [9.17, 15) is 5.11 Å². The number of nitrogens with zero attached hydrogens (tertiary/aromatic N) is 1. The molecule has 0 amide bonds. The first kappa shape index (κ1) is 14.9. The molecule has 0 saturated carbocycles. The summed E-state index contributed by atoms with van der Waals surface area (Å²) in [6.45, 7) is 7.94. The van der Waals surface area contributed by atoms with Crippen molar-refractivity contribution in [1.29, 1.82) is 0 Å². The summed E-state index contributed by atoms with van der Waals surface area (Å²) >= 11 is 0. The molecule has 1 fully saturated rings. The molecule has 17 heavy (non-hydrogen) atoms. The first-order valence-corrected chi connectivity index (χ1v) is 7.40. The molecule has 0 bridgehead atoms. The topological polar surface area (TPSA) is 35.5 Å². The average Bonchev–Trinajstić information content (AvgIpc) is 2.36. The highest BCUT2D eigenvalue weighted by molar-refractivity contribution is 4.80. The third-order valence-corrected chi connectivity index (χ3v) is 3.73. The van der Waals surface area contributed by atoms with Crippen molar-refractivity contribution >= 4 is 0 Å². The molecule has 3 nitrogen and oxygen atoms in total. The molecule has 0 spiro atoms. The summed E-state index contributed by atoms with van der Waals surface area (Å²) in [5, 5.41) is 12.8. The van der Waals surface area contributed by atoms with Crippen molar-refractivity contribution in [1.82, 2.24) is 10.2 Å².